The lowest BCUT2D eigenvalue weighted by molar-refractivity contribution is 0.0697. The molecule has 41 heavy (non-hydrogen) atoms. The molecule has 2 heterocycles. The van der Waals surface area contributed by atoms with Gasteiger partial charge in [0.1, 0.15) is 16.8 Å². The number of nitriles is 1. The highest BCUT2D eigenvalue weighted by molar-refractivity contribution is 7.98. The van der Waals surface area contributed by atoms with E-state index in [4.69, 9.17) is 11.6 Å². The first-order valence-corrected chi connectivity index (χ1v) is 14.9. The summed E-state index contributed by atoms with van der Waals surface area (Å²) in [5, 5.41) is 23.6. The Morgan fingerprint density at radius 2 is 1.76 bits per heavy atom. The van der Waals surface area contributed by atoms with Crippen LogP contribution in [0.1, 0.15) is 15.2 Å². The summed E-state index contributed by atoms with van der Waals surface area (Å²) < 4.78 is 15.9. The first-order chi connectivity index (χ1) is 19.8. The van der Waals surface area contributed by atoms with E-state index < -0.39 is 5.97 Å². The fourth-order valence-corrected chi connectivity index (χ4v) is 7.08. The van der Waals surface area contributed by atoms with Gasteiger partial charge in [0.25, 0.3) is 0 Å². The van der Waals surface area contributed by atoms with Crippen LogP contribution in [0.5, 0.6) is 0 Å². The predicted molar refractivity (Wildman–Crippen MR) is 170 cm³/mol. The van der Waals surface area contributed by atoms with Gasteiger partial charge < -0.3 is 5.11 Å². The summed E-state index contributed by atoms with van der Waals surface area (Å²) in [6.45, 7) is 0. The maximum Gasteiger partial charge on any atom is 0.335 e. The number of hydrogen-bond donors (Lipinski definition) is 1. The van der Waals surface area contributed by atoms with Gasteiger partial charge >= 0.3 is 5.97 Å². The second-order valence-electron chi connectivity index (χ2n) is 9.20. The van der Waals surface area contributed by atoms with E-state index in [2.05, 4.69) is 25.3 Å². The second kappa shape index (κ2) is 11.2. The molecule has 6 aromatic rings. The number of nitrogens with zero attached hydrogens (tertiary/aromatic N) is 2. The van der Waals surface area contributed by atoms with Crippen LogP contribution in [0.25, 0.3) is 44.4 Å². The highest BCUT2D eigenvalue weighted by Crippen LogP contribution is 2.47. The first-order valence-electron chi connectivity index (χ1n) is 12.3. The summed E-state index contributed by atoms with van der Waals surface area (Å²) in [6.07, 6.45) is 0. The third-order valence-corrected chi connectivity index (χ3v) is 9.19. The van der Waals surface area contributed by atoms with Crippen molar-refractivity contribution in [3.63, 3.8) is 0 Å². The molecule has 0 radical (unpaired) electrons. The monoisotopic (exact) mass is 612 g/mol. The number of fused-ring (bicyclic) bond motifs is 1. The van der Waals surface area contributed by atoms with Gasteiger partial charge in [-0.15, -0.1) is 20.6 Å². The highest BCUT2D eigenvalue weighted by atomic mass is 35.5. The summed E-state index contributed by atoms with van der Waals surface area (Å²) in [6, 6.07) is 29.4. The number of carbonyl (C=O) groups is 1. The largest absolute Gasteiger partial charge is 0.478 e. The van der Waals surface area contributed by atoms with Crippen LogP contribution in [0.3, 0.4) is 0 Å². The average molecular weight is 613 g/mol. The minimum Gasteiger partial charge on any atom is -0.478 e. The minimum absolute atomic E-state index is 0.114. The number of hydrogen-bond acceptors (Lipinski definition) is 4. The summed E-state index contributed by atoms with van der Waals surface area (Å²) >= 11 is 9.41. The molecule has 4 nitrogen and oxygen atoms in total. The zero-order valence-electron chi connectivity index (χ0n) is 21.1. The molecule has 1 atom stereocenters. The number of benzene rings is 4. The number of aromatic carboxylic acids is 1. The van der Waals surface area contributed by atoms with Crippen molar-refractivity contribution in [1.82, 2.24) is 3.97 Å². The van der Waals surface area contributed by atoms with Gasteiger partial charge in [0.15, 0.2) is 0 Å². The molecule has 6 rings (SSSR count). The summed E-state index contributed by atoms with van der Waals surface area (Å²) in [7, 11) is 2.74. The molecule has 0 aliphatic rings. The van der Waals surface area contributed by atoms with Crippen molar-refractivity contribution in [3.05, 3.63) is 118 Å². The maximum absolute atomic E-state index is 13.8. The fraction of sp³-hybridized carbons (Fsp3) is 0. The Hall–Kier alpha value is -3.92. The topological polar surface area (TPSA) is 66.0 Å². The Morgan fingerprint density at radius 1 is 0.976 bits per heavy atom. The Balaban J connectivity index is 1.64. The van der Waals surface area contributed by atoms with Crippen molar-refractivity contribution in [1.29, 1.82) is 5.26 Å². The molecule has 200 valence electrons. The smallest absolute Gasteiger partial charge is 0.335 e. The highest BCUT2D eigenvalue weighted by Gasteiger charge is 2.24. The quantitative estimate of drug-likeness (QED) is 0.191. The molecule has 9 heteroatoms. The van der Waals surface area contributed by atoms with Crippen LogP contribution in [0.4, 0.5) is 4.39 Å². The van der Waals surface area contributed by atoms with E-state index in [1.54, 1.807) is 18.2 Å². The van der Waals surface area contributed by atoms with Crippen molar-refractivity contribution < 1.29 is 14.3 Å². The van der Waals surface area contributed by atoms with Crippen LogP contribution in [-0.2, 0) is 0 Å². The number of thiophene rings is 1. The van der Waals surface area contributed by atoms with Gasteiger partial charge in [-0.05, 0) is 88.9 Å². The lowest BCUT2D eigenvalue weighted by atomic mass is 9.96. The molecule has 0 saturated heterocycles. The van der Waals surface area contributed by atoms with Crippen molar-refractivity contribution in [2.45, 2.75) is 4.90 Å². The van der Waals surface area contributed by atoms with E-state index in [1.807, 2.05) is 47.8 Å². The normalized spacial score (nSPS) is 11.1. The lowest BCUT2D eigenvalue weighted by Crippen LogP contribution is -1.96. The van der Waals surface area contributed by atoms with Crippen LogP contribution < -0.4 is 5.30 Å². The zero-order chi connectivity index (χ0) is 28.7. The Bertz CT molecular complexity index is 2010. The summed E-state index contributed by atoms with van der Waals surface area (Å²) in [5.74, 6) is -1.35. The van der Waals surface area contributed by atoms with Crippen molar-refractivity contribution in [3.8, 4) is 39.6 Å². The molecule has 2 aromatic heterocycles. The van der Waals surface area contributed by atoms with Gasteiger partial charge in [-0.1, -0.05) is 41.9 Å². The molecule has 0 aliphatic heterocycles. The standard InChI is InChI=1S/C32H19ClFN2O2PS2/c33-27-15-20(32(37)38)4-10-24(27)18-2-1-3-19(14-18)31-30(25-12-13-40-29(25)17-35)26-16-22(39)7-11-28(26)36(31)41-23-8-5-21(34)6-9-23/h1-16H,39H2,(H,37,38). The molecule has 4 aromatic carbocycles. The number of aromatic nitrogens is 1. The summed E-state index contributed by atoms with van der Waals surface area (Å²) in [4.78, 5) is 12.9. The minimum atomic E-state index is -1.04. The van der Waals surface area contributed by atoms with Crippen molar-refractivity contribution in [2.75, 3.05) is 0 Å². The van der Waals surface area contributed by atoms with Gasteiger partial charge in [0, 0.05) is 37.6 Å². The third-order valence-electron chi connectivity index (χ3n) is 6.66. The Morgan fingerprint density at radius 3 is 2.49 bits per heavy atom. The van der Waals surface area contributed by atoms with E-state index in [9.17, 15) is 19.6 Å². The lowest BCUT2D eigenvalue weighted by Gasteiger charge is -2.14. The van der Waals surface area contributed by atoms with Crippen molar-refractivity contribution in [2.24, 2.45) is 0 Å². The number of carboxylic acids is 1. The van der Waals surface area contributed by atoms with Crippen LogP contribution in [-0.4, -0.2) is 15.0 Å². The maximum atomic E-state index is 13.8. The van der Waals surface area contributed by atoms with Gasteiger partial charge in [-0.3, -0.25) is 3.97 Å². The SMILES string of the molecule is N#Cc1sccc1-c1c(-c2cccc(-c3ccc(C(=O)O)cc3Cl)c2)n(Sc2ccc(F)cc2)c2ccc(P)cc12. The van der Waals surface area contributed by atoms with E-state index in [0.29, 0.717) is 15.5 Å². The molecule has 1 unspecified atom stereocenters. The van der Waals surface area contributed by atoms with Crippen LogP contribution in [0, 0.1) is 17.1 Å². The average Bonchev–Trinajstić information content (AvgIpc) is 3.56. The molecule has 0 bridgehead atoms. The van der Waals surface area contributed by atoms with Crippen LogP contribution in [0.15, 0.2) is 101 Å². The first kappa shape index (κ1) is 27.3. The third kappa shape index (κ3) is 5.16. The van der Waals surface area contributed by atoms with Gasteiger partial charge in [-0.2, -0.15) is 5.26 Å². The fourth-order valence-electron chi connectivity index (χ4n) is 4.82. The van der Waals surface area contributed by atoms with E-state index in [0.717, 1.165) is 49.1 Å². The second-order valence-corrected chi connectivity index (χ2v) is 12.2. The number of carboxylic acid groups (broad SMARTS) is 1. The van der Waals surface area contributed by atoms with Gasteiger partial charge in [-0.25, -0.2) is 9.18 Å². The molecular weight excluding hydrogens is 594 g/mol. The Kier molecular flexibility index (Phi) is 7.42. The molecule has 0 amide bonds. The van der Waals surface area contributed by atoms with E-state index >= 15 is 0 Å². The zero-order valence-corrected chi connectivity index (χ0v) is 24.7. The van der Waals surface area contributed by atoms with E-state index in [-0.39, 0.29) is 11.4 Å². The molecular formula is C32H19ClFN2O2PS2. The van der Waals surface area contributed by atoms with Crippen LogP contribution >= 0.6 is 44.1 Å². The van der Waals surface area contributed by atoms with Gasteiger partial charge in [0.05, 0.1) is 16.8 Å². The predicted octanol–water partition coefficient (Wildman–Crippen LogP) is 9.12. The number of rotatable bonds is 6. The Labute approximate surface area is 251 Å². The molecule has 0 spiro atoms. The van der Waals surface area contributed by atoms with Crippen molar-refractivity contribution >= 4 is 66.3 Å². The summed E-state index contributed by atoms with van der Waals surface area (Å²) in [5.41, 5.74) is 6.08. The molecule has 0 aliphatic carbocycles. The number of halogens is 2. The van der Waals surface area contributed by atoms with Crippen LogP contribution in [0.2, 0.25) is 5.02 Å². The molecule has 1 N–H and O–H groups in total. The molecule has 0 saturated carbocycles. The molecule has 0 fully saturated rings. The van der Waals surface area contributed by atoms with Gasteiger partial charge in [0.2, 0.25) is 0 Å². The van der Waals surface area contributed by atoms with E-state index in [1.165, 1.54) is 47.6 Å².